The number of benzene rings is 2. The van der Waals surface area contributed by atoms with Gasteiger partial charge in [-0.15, -0.1) is 0 Å². The molecule has 4 aromatic rings. The molecule has 9 nitrogen and oxygen atoms in total. The predicted molar refractivity (Wildman–Crippen MR) is 93.1 cm³/mol. The Bertz CT molecular complexity index is 1110. The highest BCUT2D eigenvalue weighted by molar-refractivity contribution is 5.85. The monoisotopic (exact) mass is 349 g/mol. The topological polar surface area (TPSA) is 127 Å². The predicted octanol–water partition coefficient (Wildman–Crippen LogP) is 3.64. The zero-order valence-electron chi connectivity index (χ0n) is 13.2. The van der Waals surface area contributed by atoms with Gasteiger partial charge in [0.05, 0.1) is 4.92 Å². The van der Waals surface area contributed by atoms with Crippen LogP contribution < -0.4 is 5.32 Å². The summed E-state index contributed by atoms with van der Waals surface area (Å²) in [5.74, 6) is 0.805. The van der Waals surface area contributed by atoms with Crippen molar-refractivity contribution in [2.24, 2.45) is 0 Å². The van der Waals surface area contributed by atoms with Crippen molar-refractivity contribution >= 4 is 28.4 Å². The van der Waals surface area contributed by atoms with Gasteiger partial charge in [-0.05, 0) is 24.3 Å². The minimum Gasteiger partial charge on any atom is -0.508 e. The van der Waals surface area contributed by atoms with E-state index in [1.807, 2.05) is 0 Å². The lowest BCUT2D eigenvalue weighted by molar-refractivity contribution is -0.384. The Labute approximate surface area is 146 Å². The Morgan fingerprint density at radius 1 is 1.12 bits per heavy atom. The lowest BCUT2D eigenvalue weighted by Crippen LogP contribution is -1.95. The summed E-state index contributed by atoms with van der Waals surface area (Å²) < 4.78 is 5.64. The molecule has 4 rings (SSSR count). The van der Waals surface area contributed by atoms with Crippen LogP contribution in [0.1, 0.15) is 0 Å². The van der Waals surface area contributed by atoms with Crippen LogP contribution in [0.5, 0.6) is 5.75 Å². The third-order valence-corrected chi connectivity index (χ3v) is 3.63. The van der Waals surface area contributed by atoms with Crippen LogP contribution in [0.3, 0.4) is 0 Å². The number of rotatable bonds is 4. The maximum Gasteiger partial charge on any atom is 0.269 e. The number of phenolic OH excluding ortho intramolecular Hbond substituents is 1. The number of oxazole rings is 1. The van der Waals surface area contributed by atoms with Crippen molar-refractivity contribution in [3.05, 3.63) is 65.0 Å². The van der Waals surface area contributed by atoms with Gasteiger partial charge < -0.3 is 14.8 Å². The molecule has 26 heavy (non-hydrogen) atoms. The van der Waals surface area contributed by atoms with Crippen molar-refractivity contribution in [3.8, 4) is 17.2 Å². The van der Waals surface area contributed by atoms with Crippen LogP contribution in [0.25, 0.3) is 22.7 Å². The molecule has 0 unspecified atom stereocenters. The van der Waals surface area contributed by atoms with E-state index < -0.39 is 4.92 Å². The summed E-state index contributed by atoms with van der Waals surface area (Å²) in [5.41, 5.74) is 1.87. The van der Waals surface area contributed by atoms with Gasteiger partial charge in [-0.3, -0.25) is 10.1 Å². The fourth-order valence-electron chi connectivity index (χ4n) is 2.42. The Kier molecular flexibility index (Phi) is 3.66. The van der Waals surface area contributed by atoms with E-state index in [-0.39, 0.29) is 23.0 Å². The number of hydrogen-bond donors (Lipinski definition) is 2. The van der Waals surface area contributed by atoms with Crippen LogP contribution in [-0.4, -0.2) is 25.0 Å². The Hall–Kier alpha value is -4.01. The van der Waals surface area contributed by atoms with E-state index in [4.69, 9.17) is 4.42 Å². The zero-order valence-corrected chi connectivity index (χ0v) is 13.2. The van der Waals surface area contributed by atoms with Gasteiger partial charge in [0.15, 0.2) is 11.3 Å². The Morgan fingerprint density at radius 2 is 1.92 bits per heavy atom. The van der Waals surface area contributed by atoms with Gasteiger partial charge in [0.1, 0.15) is 12.1 Å². The van der Waals surface area contributed by atoms with Crippen molar-refractivity contribution in [1.29, 1.82) is 0 Å². The molecule has 128 valence electrons. The minimum atomic E-state index is -0.474. The number of nitrogens with one attached hydrogen (secondary N) is 1. The summed E-state index contributed by atoms with van der Waals surface area (Å²) in [4.78, 5) is 22.9. The van der Waals surface area contributed by atoms with Crippen molar-refractivity contribution in [1.82, 2.24) is 15.0 Å². The summed E-state index contributed by atoms with van der Waals surface area (Å²) in [5, 5.41) is 23.4. The van der Waals surface area contributed by atoms with Crippen molar-refractivity contribution in [2.75, 3.05) is 5.32 Å². The number of non-ortho nitro benzene ring substituents is 1. The number of phenols is 1. The molecule has 0 amide bonds. The molecule has 0 aliphatic rings. The molecule has 0 saturated carbocycles. The number of aromatic hydroxyl groups is 1. The number of nitro groups is 1. The molecule has 0 atom stereocenters. The summed E-state index contributed by atoms with van der Waals surface area (Å²) in [6, 6.07) is 12.4. The summed E-state index contributed by atoms with van der Waals surface area (Å²) in [6.07, 6.45) is 1.33. The molecule has 9 heteroatoms. The smallest absolute Gasteiger partial charge is 0.269 e. The number of nitro benzene ring substituents is 1. The van der Waals surface area contributed by atoms with Crippen LogP contribution >= 0.6 is 0 Å². The van der Waals surface area contributed by atoms with Crippen LogP contribution in [-0.2, 0) is 0 Å². The number of aromatic nitrogens is 3. The van der Waals surface area contributed by atoms with E-state index in [0.29, 0.717) is 22.6 Å². The van der Waals surface area contributed by atoms with E-state index >= 15 is 0 Å². The highest BCUT2D eigenvalue weighted by atomic mass is 16.6. The molecule has 2 aromatic heterocycles. The molecular weight excluding hydrogens is 338 g/mol. The molecular formula is C17H11N5O4. The van der Waals surface area contributed by atoms with E-state index in [0.717, 1.165) is 0 Å². The Morgan fingerprint density at radius 3 is 2.65 bits per heavy atom. The molecule has 0 fully saturated rings. The first-order chi connectivity index (χ1) is 12.6. The first-order valence-corrected chi connectivity index (χ1v) is 7.52. The summed E-state index contributed by atoms with van der Waals surface area (Å²) >= 11 is 0. The molecule has 0 aliphatic carbocycles. The maximum atomic E-state index is 10.8. The second kappa shape index (κ2) is 6.13. The van der Waals surface area contributed by atoms with Gasteiger partial charge in [-0.1, -0.05) is 6.07 Å². The molecule has 2 aromatic carbocycles. The highest BCUT2D eigenvalue weighted by Crippen LogP contribution is 2.29. The quantitative estimate of drug-likeness (QED) is 0.422. The van der Waals surface area contributed by atoms with Crippen LogP contribution in [0.15, 0.2) is 59.3 Å². The average Bonchev–Trinajstić information content (AvgIpc) is 3.07. The number of hydrogen-bond acceptors (Lipinski definition) is 8. The van der Waals surface area contributed by atoms with Crippen LogP contribution in [0.2, 0.25) is 0 Å². The number of anilines is 2. The van der Waals surface area contributed by atoms with Crippen LogP contribution in [0, 0.1) is 10.1 Å². The second-order valence-electron chi connectivity index (χ2n) is 5.37. The highest BCUT2D eigenvalue weighted by Gasteiger charge is 2.15. The number of nitrogens with zero attached hydrogens (tertiary/aromatic N) is 4. The summed E-state index contributed by atoms with van der Waals surface area (Å²) in [7, 11) is 0. The van der Waals surface area contributed by atoms with Gasteiger partial charge in [0.25, 0.3) is 11.4 Å². The molecule has 2 heterocycles. The van der Waals surface area contributed by atoms with E-state index in [1.165, 1.54) is 18.5 Å². The lowest BCUT2D eigenvalue weighted by Gasteiger charge is -2.05. The third kappa shape index (κ3) is 2.88. The molecule has 0 radical (unpaired) electrons. The van der Waals surface area contributed by atoms with Gasteiger partial charge in [-0.25, -0.2) is 9.97 Å². The summed E-state index contributed by atoms with van der Waals surface area (Å²) in [6.45, 7) is 0. The Balaban J connectivity index is 1.72. The molecule has 0 aliphatic heterocycles. The number of fused-ring (bicyclic) bond motifs is 1. The average molecular weight is 349 g/mol. The van der Waals surface area contributed by atoms with Crippen molar-refractivity contribution in [2.45, 2.75) is 0 Å². The largest absolute Gasteiger partial charge is 0.508 e. The molecule has 0 saturated heterocycles. The molecule has 2 N–H and O–H groups in total. The second-order valence-corrected chi connectivity index (χ2v) is 5.37. The first kappa shape index (κ1) is 15.5. The lowest BCUT2D eigenvalue weighted by atomic mass is 10.2. The minimum absolute atomic E-state index is 0.0177. The molecule has 0 bridgehead atoms. The van der Waals surface area contributed by atoms with Crippen LogP contribution in [0.4, 0.5) is 17.2 Å². The van der Waals surface area contributed by atoms with Gasteiger partial charge in [-0.2, -0.15) is 4.98 Å². The fraction of sp³-hybridized carbons (Fsp3) is 0. The maximum absolute atomic E-state index is 10.8. The van der Waals surface area contributed by atoms with Crippen molar-refractivity contribution < 1.29 is 14.4 Å². The van der Waals surface area contributed by atoms with E-state index in [2.05, 4.69) is 20.3 Å². The van der Waals surface area contributed by atoms with Gasteiger partial charge in [0.2, 0.25) is 5.89 Å². The van der Waals surface area contributed by atoms with Gasteiger partial charge in [0, 0.05) is 29.4 Å². The normalized spacial score (nSPS) is 10.8. The first-order valence-electron chi connectivity index (χ1n) is 7.52. The fourth-order valence-corrected chi connectivity index (χ4v) is 2.42. The SMILES string of the molecule is O=[N+]([O-])c1ccc(-c2nc3c(Nc4cccc(O)c4)ncnc3o2)cc1. The molecule has 0 spiro atoms. The van der Waals surface area contributed by atoms with Gasteiger partial charge >= 0.3 is 0 Å². The zero-order chi connectivity index (χ0) is 18.1. The van der Waals surface area contributed by atoms with E-state index in [9.17, 15) is 15.2 Å². The third-order valence-electron chi connectivity index (χ3n) is 3.63. The standard InChI is InChI=1S/C17H11N5O4/c23-13-3-1-2-11(8-13)20-15-14-17(19-9-18-15)26-16(21-14)10-4-6-12(7-5-10)22(24)25/h1-9,23H,(H,18,19,20). The van der Waals surface area contributed by atoms with Crippen molar-refractivity contribution in [3.63, 3.8) is 0 Å². The van der Waals surface area contributed by atoms with E-state index in [1.54, 1.807) is 36.4 Å².